The van der Waals surface area contributed by atoms with Crippen LogP contribution in [0, 0.1) is 40.5 Å². The summed E-state index contributed by atoms with van der Waals surface area (Å²) in [4.78, 5) is 32.0. The summed E-state index contributed by atoms with van der Waals surface area (Å²) in [6.45, 7) is 0. The second kappa shape index (κ2) is 148. The van der Waals surface area contributed by atoms with Crippen molar-refractivity contribution in [2.75, 3.05) is 0 Å². The summed E-state index contributed by atoms with van der Waals surface area (Å²) >= 11 is 0. The molecule has 0 spiro atoms. The van der Waals surface area contributed by atoms with Crippen LogP contribution in [0.5, 0.6) is 0 Å². The Kier molecular flexibility index (Phi) is 401. The van der Waals surface area contributed by atoms with Crippen molar-refractivity contribution in [1.29, 1.82) is 0 Å². The van der Waals surface area contributed by atoms with Gasteiger partial charge in [-0.15, -0.1) is 21.4 Å². The van der Waals surface area contributed by atoms with Crippen LogP contribution in [0.4, 0.5) is 0 Å². The van der Waals surface area contributed by atoms with E-state index >= 15 is 0 Å². The summed E-state index contributed by atoms with van der Waals surface area (Å²) in [7, 11) is 0. The van der Waals surface area contributed by atoms with Gasteiger partial charge in [0.05, 0.1) is 0 Å². The van der Waals surface area contributed by atoms with Gasteiger partial charge >= 0.3 is 49.0 Å². The van der Waals surface area contributed by atoms with E-state index in [0.717, 1.165) is 21.4 Å². The number of nitrogens with zero attached hydrogens (tertiary/aromatic N) is 4. The maximum Gasteiger partial charge on any atom is 3.00 e. The SMILES string of the molecule is O=N[O-].O=N[O-].O=N[O-].O=N[O-].[Na+].[Rh+3]. The molecule has 0 aromatic rings. The third-order valence-corrected chi connectivity index (χ3v) is 0. The molecule has 0 rings (SSSR count). The summed E-state index contributed by atoms with van der Waals surface area (Å²) in [6, 6.07) is 0. The Bertz CT molecular complexity index is 75.3. The van der Waals surface area contributed by atoms with Gasteiger partial charge in [-0.3, -0.25) is 0 Å². The standard InChI is InChI=1S/4HNO2.Na.Rh/c4*2-1-3;;/h4*(H,2,3);;/q;;;;+1;+3/p-4. The van der Waals surface area contributed by atoms with E-state index in [2.05, 4.69) is 0 Å². The van der Waals surface area contributed by atoms with Crippen LogP contribution < -0.4 is 29.6 Å². The van der Waals surface area contributed by atoms with Crippen molar-refractivity contribution in [2.45, 2.75) is 0 Å². The largest absolute Gasteiger partial charge is 3.00 e. The van der Waals surface area contributed by atoms with Gasteiger partial charge in [-0.2, -0.15) is 0 Å². The van der Waals surface area contributed by atoms with Gasteiger partial charge in [0.25, 0.3) is 0 Å². The quantitative estimate of drug-likeness (QED) is 0.276. The maximum atomic E-state index is 8.00. The molecule has 0 aliphatic heterocycles. The molecule has 0 radical (unpaired) electrons. The van der Waals surface area contributed by atoms with E-state index in [1.54, 1.807) is 0 Å². The van der Waals surface area contributed by atoms with Crippen molar-refractivity contribution >= 4 is 0 Å². The van der Waals surface area contributed by atoms with Crippen LogP contribution >= 0.6 is 0 Å². The molecule has 0 saturated carbocycles. The van der Waals surface area contributed by atoms with Crippen LogP contribution in [0.2, 0.25) is 0 Å². The van der Waals surface area contributed by atoms with Gasteiger partial charge in [-0.1, -0.05) is 0 Å². The molecule has 0 aromatic heterocycles. The van der Waals surface area contributed by atoms with Crippen LogP contribution in [0.1, 0.15) is 0 Å². The van der Waals surface area contributed by atoms with Crippen LogP contribution in [0.3, 0.4) is 0 Å². The summed E-state index contributed by atoms with van der Waals surface area (Å²) in [5.74, 6) is 0. The van der Waals surface area contributed by atoms with Gasteiger partial charge in [-0.05, 0) is 0 Å². The first kappa shape index (κ1) is 37.9. The first-order chi connectivity index (χ1) is 5.66. The summed E-state index contributed by atoms with van der Waals surface area (Å²) in [6.07, 6.45) is 0. The smallest absolute Gasteiger partial charge is 0.444 e. The number of hydrogen-bond donors (Lipinski definition) is 0. The minimum Gasteiger partial charge on any atom is -0.444 e. The van der Waals surface area contributed by atoms with Gasteiger partial charge in [-0.25, -0.2) is 0 Å². The van der Waals surface area contributed by atoms with Gasteiger partial charge in [0.2, 0.25) is 0 Å². The normalized spacial score (nSPS) is 3.43. The fraction of sp³-hybridized carbons (Fsp3) is 0. The zero-order valence-corrected chi connectivity index (χ0v) is 10.0. The second-order valence-electron chi connectivity index (χ2n) is 0.298. The van der Waals surface area contributed by atoms with Gasteiger partial charge < -0.3 is 40.5 Å². The molecule has 0 fully saturated rings. The molecular weight excluding hydrogens is 310 g/mol. The molecule has 0 unspecified atom stereocenters. The Morgan fingerprint density at radius 1 is 0.571 bits per heavy atom. The topological polar surface area (TPSA) is 210 Å². The van der Waals surface area contributed by atoms with Crippen molar-refractivity contribution in [3.63, 3.8) is 0 Å². The van der Waals surface area contributed by atoms with E-state index < -0.39 is 0 Å². The second-order valence-corrected chi connectivity index (χ2v) is 0.298. The number of hydrogen-bond acceptors (Lipinski definition) is 12. The Hall–Kier alpha value is -0.777. The summed E-state index contributed by atoms with van der Waals surface area (Å²) in [5, 5.41) is 36.0. The Balaban J connectivity index is -0.0000000145. The van der Waals surface area contributed by atoms with E-state index in [9.17, 15) is 0 Å². The average molecular weight is 310 g/mol. The van der Waals surface area contributed by atoms with E-state index in [4.69, 9.17) is 40.5 Å². The van der Waals surface area contributed by atoms with Crippen molar-refractivity contribution < 1.29 is 49.0 Å². The fourth-order valence-corrected chi connectivity index (χ4v) is 0. The molecule has 14 heavy (non-hydrogen) atoms. The van der Waals surface area contributed by atoms with E-state index in [1.165, 1.54) is 0 Å². The Morgan fingerprint density at radius 3 is 0.571 bits per heavy atom. The van der Waals surface area contributed by atoms with Crippen LogP contribution in [-0.4, -0.2) is 0 Å². The van der Waals surface area contributed by atoms with Gasteiger partial charge in [0, 0.05) is 0 Å². The summed E-state index contributed by atoms with van der Waals surface area (Å²) < 4.78 is 0. The first-order valence-electron chi connectivity index (χ1n) is 1.46. The molecule has 0 N–H and O–H groups in total. The summed E-state index contributed by atoms with van der Waals surface area (Å²) in [5.41, 5.74) is 0. The van der Waals surface area contributed by atoms with Crippen LogP contribution in [0.25, 0.3) is 0 Å². The molecule has 0 heterocycles. The molecule has 14 heteroatoms. The molecule has 0 amide bonds. The zero-order chi connectivity index (χ0) is 10.8. The van der Waals surface area contributed by atoms with Crippen molar-refractivity contribution in [1.82, 2.24) is 0 Å². The first-order valence-corrected chi connectivity index (χ1v) is 1.46. The predicted molar refractivity (Wildman–Crippen MR) is 36.6 cm³/mol. The van der Waals surface area contributed by atoms with Crippen LogP contribution in [0.15, 0.2) is 21.4 Å². The Morgan fingerprint density at radius 2 is 0.571 bits per heavy atom. The van der Waals surface area contributed by atoms with Gasteiger partial charge in [0.1, 0.15) is 0 Å². The molecule has 12 nitrogen and oxygen atoms in total. The van der Waals surface area contributed by atoms with Crippen molar-refractivity contribution in [3.05, 3.63) is 40.5 Å². The van der Waals surface area contributed by atoms with Gasteiger partial charge in [0.15, 0.2) is 0 Å². The third-order valence-electron chi connectivity index (χ3n) is 0. The zero-order valence-electron chi connectivity index (χ0n) is 6.39. The Labute approximate surface area is 110 Å². The molecule has 78 valence electrons. The molecule has 0 saturated heterocycles. The fourth-order valence-electron chi connectivity index (χ4n) is 0. The molecule has 0 bridgehead atoms. The monoisotopic (exact) mass is 310 g/mol. The molecule has 0 aliphatic carbocycles. The average Bonchev–Trinajstić information content (AvgIpc) is 1.92. The molecule has 0 atom stereocenters. The predicted octanol–water partition coefficient (Wildman–Crippen LogP) is -2.00. The van der Waals surface area contributed by atoms with Crippen molar-refractivity contribution in [2.24, 2.45) is 21.4 Å². The van der Waals surface area contributed by atoms with E-state index in [0.29, 0.717) is 0 Å². The van der Waals surface area contributed by atoms with E-state index in [-0.39, 0.29) is 49.0 Å². The van der Waals surface area contributed by atoms with Crippen LogP contribution in [-0.2, 0) is 19.5 Å². The van der Waals surface area contributed by atoms with Crippen molar-refractivity contribution in [3.8, 4) is 0 Å². The van der Waals surface area contributed by atoms with E-state index in [1.807, 2.05) is 0 Å². The molecule has 0 aliphatic rings. The molecular formula is N4NaO8Rh. The minimum absolute atomic E-state index is 0. The number of rotatable bonds is 0. The maximum absolute atomic E-state index is 8.00. The molecule has 0 aromatic carbocycles. The minimum atomic E-state index is 0. The third kappa shape index (κ3) is 1940.